The van der Waals surface area contributed by atoms with Crippen molar-refractivity contribution >= 4 is 24.0 Å². The summed E-state index contributed by atoms with van der Waals surface area (Å²) < 4.78 is 12.4. The van der Waals surface area contributed by atoms with E-state index >= 15 is 0 Å². The van der Waals surface area contributed by atoms with Gasteiger partial charge in [0.1, 0.15) is 7.28 Å². The summed E-state index contributed by atoms with van der Waals surface area (Å²) in [4.78, 5) is 2.33. The second-order valence-electron chi connectivity index (χ2n) is 9.68. The molecule has 1 aliphatic heterocycles. The Bertz CT molecular complexity index is 1240. The van der Waals surface area contributed by atoms with E-state index in [0.717, 1.165) is 23.8 Å². The molecule has 4 heteroatoms. The molecule has 0 spiro atoms. The van der Waals surface area contributed by atoms with Gasteiger partial charge in [-0.1, -0.05) is 87.9 Å². The summed E-state index contributed by atoms with van der Waals surface area (Å²) in [7, 11) is -0.351. The summed E-state index contributed by atoms with van der Waals surface area (Å²) in [6.07, 6.45) is 2.10. The molecule has 0 aliphatic carbocycles. The highest BCUT2D eigenvalue weighted by Crippen LogP contribution is 2.59. The van der Waals surface area contributed by atoms with Crippen LogP contribution in [0.2, 0.25) is 0 Å². The zero-order chi connectivity index (χ0) is 24.3. The van der Waals surface area contributed by atoms with Crippen LogP contribution >= 0.6 is 7.28 Å². The lowest BCUT2D eigenvalue weighted by Gasteiger charge is -2.29. The van der Waals surface area contributed by atoms with Crippen LogP contribution in [0.4, 0.5) is 11.4 Å². The molecule has 34 heavy (non-hydrogen) atoms. The summed E-state index contributed by atoms with van der Waals surface area (Å²) in [5.41, 5.74) is 7.18. The van der Waals surface area contributed by atoms with E-state index < -0.39 is 7.28 Å². The number of para-hydroxylation sites is 1. The Morgan fingerprint density at radius 2 is 1.65 bits per heavy atom. The highest BCUT2D eigenvalue weighted by molar-refractivity contribution is 7.72. The molecule has 0 fully saturated rings. The molecule has 3 aromatic carbocycles. The average molecular weight is 473 g/mol. The maximum absolute atomic E-state index is 6.90. The smallest absolute Gasteiger partial charge is 0.143 e. The van der Waals surface area contributed by atoms with Gasteiger partial charge in [0.25, 0.3) is 0 Å². The van der Waals surface area contributed by atoms with Crippen LogP contribution < -0.4 is 10.2 Å². The van der Waals surface area contributed by atoms with E-state index in [0.29, 0.717) is 6.61 Å². The van der Waals surface area contributed by atoms with Crippen molar-refractivity contribution in [1.29, 1.82) is 0 Å². The number of hydrogen-bond donors (Lipinski definition) is 0. The summed E-state index contributed by atoms with van der Waals surface area (Å²) in [5, 5.41) is 1.15. The summed E-state index contributed by atoms with van der Waals surface area (Å²) in [6, 6.07) is 25.7. The normalized spacial score (nSPS) is 17.5. The summed E-state index contributed by atoms with van der Waals surface area (Å²) in [5.74, 6) is 2.37. The number of rotatable bonds is 7. The predicted molar refractivity (Wildman–Crippen MR) is 148 cm³/mol. The number of benzene rings is 3. The molecule has 1 unspecified atom stereocenters. The Kier molecular flexibility index (Phi) is 7.17. The minimum atomic E-state index is -2.52. The van der Waals surface area contributed by atoms with Gasteiger partial charge < -0.3 is 9.42 Å². The third-order valence-corrected chi connectivity index (χ3v) is 9.70. The number of anilines is 1. The van der Waals surface area contributed by atoms with Crippen LogP contribution in [0.5, 0.6) is 0 Å². The van der Waals surface area contributed by atoms with Gasteiger partial charge in [-0.05, 0) is 49.1 Å². The van der Waals surface area contributed by atoms with Gasteiger partial charge in [0.05, 0.1) is 12.3 Å². The van der Waals surface area contributed by atoms with Gasteiger partial charge in [0.15, 0.2) is 0 Å². The minimum absolute atomic E-state index is 0.142. The number of hydrogen-bond acceptors (Lipinski definition) is 3. The lowest BCUT2D eigenvalue weighted by Crippen LogP contribution is -2.23. The molecule has 1 heterocycles. The first-order chi connectivity index (χ1) is 16.3. The second kappa shape index (κ2) is 9.94. The van der Waals surface area contributed by atoms with Crippen molar-refractivity contribution in [1.82, 2.24) is 0 Å². The van der Waals surface area contributed by atoms with E-state index in [9.17, 15) is 0 Å². The molecule has 3 nitrogen and oxygen atoms in total. The number of aryl methyl sites for hydroxylation is 1. The van der Waals surface area contributed by atoms with Crippen molar-refractivity contribution in [3.63, 3.8) is 0 Å². The van der Waals surface area contributed by atoms with Crippen LogP contribution in [0, 0.1) is 13.8 Å². The quantitative estimate of drug-likeness (QED) is 0.254. The molecule has 1 atom stereocenters. The molecule has 0 saturated heterocycles. The van der Waals surface area contributed by atoms with Gasteiger partial charge in [-0.25, -0.2) is 4.74 Å². The molecule has 3 aromatic rings. The van der Waals surface area contributed by atoms with Gasteiger partial charge in [0, 0.05) is 35.0 Å². The number of unbranched alkanes of at least 4 members (excludes halogenated alkanes) is 1. The topological polar surface area (TPSA) is 24.8 Å². The monoisotopic (exact) mass is 472 g/mol. The van der Waals surface area contributed by atoms with Crippen molar-refractivity contribution in [2.75, 3.05) is 18.6 Å². The van der Waals surface area contributed by atoms with Gasteiger partial charge in [-0.2, -0.15) is 0 Å². The highest BCUT2D eigenvalue weighted by Gasteiger charge is 2.40. The summed E-state index contributed by atoms with van der Waals surface area (Å²) in [6.45, 7) is 11.8. The van der Waals surface area contributed by atoms with Crippen molar-refractivity contribution in [3.8, 4) is 0 Å². The second-order valence-corrected chi connectivity index (χ2v) is 12.2. The molecule has 1 aliphatic rings. The van der Waals surface area contributed by atoms with Gasteiger partial charge >= 0.3 is 0 Å². The van der Waals surface area contributed by atoms with E-state index in [1.807, 2.05) is 0 Å². The fraction of sp³-hybridized carbons (Fsp3) is 0.333. The van der Waals surface area contributed by atoms with Crippen molar-refractivity contribution < 1.29 is 4.52 Å². The van der Waals surface area contributed by atoms with Crippen LogP contribution in [0.1, 0.15) is 50.3 Å². The number of allylic oxidation sites excluding steroid dienone is 1. The fourth-order valence-electron chi connectivity index (χ4n) is 4.69. The highest BCUT2D eigenvalue weighted by atomic mass is 31.2. The van der Waals surface area contributed by atoms with Crippen LogP contribution in [0.15, 0.2) is 89.1 Å². The van der Waals surface area contributed by atoms with Crippen LogP contribution in [-0.2, 0) is 9.94 Å². The van der Waals surface area contributed by atoms with Gasteiger partial charge in [-0.15, -0.1) is 0 Å². The Morgan fingerprint density at radius 1 is 0.941 bits per heavy atom. The number of fused-ring (bicyclic) bond motifs is 1. The lowest BCUT2D eigenvalue weighted by atomic mass is 9.84. The molecule has 0 bridgehead atoms. The van der Waals surface area contributed by atoms with Gasteiger partial charge in [-0.3, -0.25) is 0 Å². The molecule has 0 radical (unpaired) electrons. The van der Waals surface area contributed by atoms with E-state index in [-0.39, 0.29) is 5.41 Å². The van der Waals surface area contributed by atoms with E-state index in [1.165, 1.54) is 28.1 Å². The van der Waals surface area contributed by atoms with Crippen molar-refractivity contribution in [2.45, 2.75) is 52.9 Å². The van der Waals surface area contributed by atoms with Crippen LogP contribution in [-0.4, -0.2) is 13.7 Å². The summed E-state index contributed by atoms with van der Waals surface area (Å²) >= 11 is 0. The van der Waals surface area contributed by atoms with E-state index in [1.54, 1.807) is 0 Å². The third kappa shape index (κ3) is 4.52. The standard InChI is InChI=1S/C30H37N2OP/c1-7-8-21-33-34(25-16-10-9-11-17-25,31-27-19-14-15-23(2)24(27)3)22-29-30(4,5)26-18-12-13-20-28(26)32(29)6/h9-20,22H,7-8,21H2,1-6H3. The van der Waals surface area contributed by atoms with Crippen LogP contribution in [0.3, 0.4) is 0 Å². The largest absolute Gasteiger partial charge is 0.347 e. The number of nitrogens with zero attached hydrogens (tertiary/aromatic N) is 2. The average Bonchev–Trinajstić information content (AvgIpc) is 3.03. The Labute approximate surface area is 205 Å². The fourth-order valence-corrected chi connectivity index (χ4v) is 7.67. The zero-order valence-electron chi connectivity index (χ0n) is 21.4. The molecule has 4 rings (SSSR count). The van der Waals surface area contributed by atoms with Gasteiger partial charge in [0.2, 0.25) is 0 Å². The van der Waals surface area contributed by atoms with Crippen molar-refractivity contribution in [3.05, 3.63) is 101 Å². The lowest BCUT2D eigenvalue weighted by molar-refractivity contribution is 0.344. The third-order valence-electron chi connectivity index (χ3n) is 6.98. The molecule has 0 saturated carbocycles. The molecule has 0 N–H and O–H groups in total. The Hall–Kier alpha value is -2.61. The van der Waals surface area contributed by atoms with E-state index in [4.69, 9.17) is 9.27 Å². The Balaban J connectivity index is 2.01. The molecule has 178 valence electrons. The molecular weight excluding hydrogens is 435 g/mol. The maximum atomic E-state index is 6.90. The first kappa shape index (κ1) is 24.5. The molecular formula is C30H37N2OP. The van der Waals surface area contributed by atoms with E-state index in [2.05, 4.69) is 125 Å². The molecule has 0 aromatic heterocycles. The SMILES string of the molecule is CCCCOP(C=C1N(C)c2ccccc2C1(C)C)(=Nc1cccc(C)c1C)c1ccccc1. The van der Waals surface area contributed by atoms with Crippen molar-refractivity contribution in [2.24, 2.45) is 4.74 Å². The maximum Gasteiger partial charge on any atom is 0.143 e. The first-order valence-corrected chi connectivity index (χ1v) is 14.0. The first-order valence-electron chi connectivity index (χ1n) is 12.2. The number of likely N-dealkylation sites (N-methyl/N-ethyl adjacent to an activating group) is 1. The zero-order valence-corrected chi connectivity index (χ0v) is 22.3. The predicted octanol–water partition coefficient (Wildman–Crippen LogP) is 8.46. The molecule has 0 amide bonds. The van der Waals surface area contributed by atoms with Crippen LogP contribution in [0.25, 0.3) is 0 Å². The minimum Gasteiger partial charge on any atom is -0.347 e. The Morgan fingerprint density at radius 3 is 2.35 bits per heavy atom.